The van der Waals surface area contributed by atoms with E-state index in [9.17, 15) is 10.1 Å². The first kappa shape index (κ1) is 14.7. The second-order valence-corrected chi connectivity index (χ2v) is 5.25. The summed E-state index contributed by atoms with van der Waals surface area (Å²) in [6.45, 7) is 3.96. The Hall–Kier alpha value is -1.66. The summed E-state index contributed by atoms with van der Waals surface area (Å²) >= 11 is 0. The molecular formula is C14H22N4O2. The van der Waals surface area contributed by atoms with Crippen LogP contribution in [0.15, 0.2) is 18.2 Å². The number of nitrogen functional groups attached to an aromatic ring is 1. The smallest absolute Gasteiger partial charge is 0.293 e. The van der Waals surface area contributed by atoms with Gasteiger partial charge in [-0.25, -0.2) is 0 Å². The minimum Gasteiger partial charge on any atom is -0.318 e. The molecule has 0 atom stereocenters. The summed E-state index contributed by atoms with van der Waals surface area (Å²) in [6, 6.07) is 5.75. The number of nitrogens with two attached hydrogens (primary N) is 1. The number of nitrogens with one attached hydrogen (secondary N) is 1. The SMILES string of the molecule is CCN(Cc1ccc([N+](=O)[O-])c(NN)c1)C1CCCC1. The predicted octanol–water partition coefficient (Wildman–Crippen LogP) is 2.64. The Morgan fingerprint density at radius 1 is 1.45 bits per heavy atom. The monoisotopic (exact) mass is 278 g/mol. The third kappa shape index (κ3) is 3.26. The van der Waals surface area contributed by atoms with Crippen LogP contribution >= 0.6 is 0 Å². The van der Waals surface area contributed by atoms with Gasteiger partial charge in [-0.1, -0.05) is 25.8 Å². The van der Waals surface area contributed by atoms with E-state index in [0.29, 0.717) is 11.7 Å². The molecule has 1 fully saturated rings. The molecule has 0 radical (unpaired) electrons. The Bertz CT molecular complexity index is 472. The molecule has 0 aliphatic heterocycles. The third-order valence-corrected chi connectivity index (χ3v) is 4.05. The van der Waals surface area contributed by atoms with E-state index in [1.807, 2.05) is 6.07 Å². The topological polar surface area (TPSA) is 84.4 Å². The molecule has 6 heteroatoms. The van der Waals surface area contributed by atoms with Crippen molar-refractivity contribution < 1.29 is 4.92 Å². The van der Waals surface area contributed by atoms with E-state index in [2.05, 4.69) is 17.2 Å². The van der Waals surface area contributed by atoms with Gasteiger partial charge in [-0.2, -0.15) is 0 Å². The lowest BCUT2D eigenvalue weighted by atomic mass is 10.1. The van der Waals surface area contributed by atoms with E-state index >= 15 is 0 Å². The molecule has 0 spiro atoms. The minimum atomic E-state index is -0.423. The molecule has 1 saturated carbocycles. The summed E-state index contributed by atoms with van der Waals surface area (Å²) < 4.78 is 0. The Morgan fingerprint density at radius 2 is 2.15 bits per heavy atom. The number of hydrazine groups is 1. The summed E-state index contributed by atoms with van der Waals surface area (Å²) in [7, 11) is 0. The maximum atomic E-state index is 10.9. The number of hydrogen-bond donors (Lipinski definition) is 2. The molecule has 110 valence electrons. The van der Waals surface area contributed by atoms with Gasteiger partial charge in [0.25, 0.3) is 5.69 Å². The first-order chi connectivity index (χ1) is 9.65. The van der Waals surface area contributed by atoms with Gasteiger partial charge < -0.3 is 5.43 Å². The van der Waals surface area contributed by atoms with Gasteiger partial charge in [0, 0.05) is 18.7 Å². The summed E-state index contributed by atoms with van der Waals surface area (Å²) in [5.74, 6) is 5.37. The van der Waals surface area contributed by atoms with Crippen molar-refractivity contribution in [1.29, 1.82) is 0 Å². The second kappa shape index (κ2) is 6.67. The van der Waals surface area contributed by atoms with Crippen LogP contribution in [0, 0.1) is 10.1 Å². The predicted molar refractivity (Wildman–Crippen MR) is 79.2 cm³/mol. The highest BCUT2D eigenvalue weighted by molar-refractivity contribution is 5.62. The Balaban J connectivity index is 2.13. The number of rotatable bonds is 6. The lowest BCUT2D eigenvalue weighted by Crippen LogP contribution is -2.32. The molecule has 0 bridgehead atoms. The number of anilines is 1. The fraction of sp³-hybridized carbons (Fsp3) is 0.571. The van der Waals surface area contributed by atoms with E-state index in [0.717, 1.165) is 18.7 Å². The lowest BCUT2D eigenvalue weighted by Gasteiger charge is -2.27. The summed E-state index contributed by atoms with van der Waals surface area (Å²) in [5.41, 5.74) is 3.86. The van der Waals surface area contributed by atoms with Gasteiger partial charge in [0.1, 0.15) is 5.69 Å². The molecule has 0 unspecified atom stereocenters. The van der Waals surface area contributed by atoms with Gasteiger partial charge in [-0.05, 0) is 31.0 Å². The number of hydrogen-bond acceptors (Lipinski definition) is 5. The Morgan fingerprint density at radius 3 is 2.70 bits per heavy atom. The fourth-order valence-electron chi connectivity index (χ4n) is 2.96. The molecule has 0 aromatic heterocycles. The van der Waals surface area contributed by atoms with Crippen LogP contribution in [0.3, 0.4) is 0 Å². The van der Waals surface area contributed by atoms with Crippen molar-refractivity contribution in [1.82, 2.24) is 4.90 Å². The van der Waals surface area contributed by atoms with Gasteiger partial charge in [-0.15, -0.1) is 0 Å². The molecule has 0 saturated heterocycles. The van der Waals surface area contributed by atoms with E-state index in [4.69, 9.17) is 5.84 Å². The van der Waals surface area contributed by atoms with Crippen LogP contribution in [0.2, 0.25) is 0 Å². The van der Waals surface area contributed by atoms with E-state index in [-0.39, 0.29) is 5.69 Å². The van der Waals surface area contributed by atoms with Crippen LogP contribution in [0.1, 0.15) is 38.2 Å². The van der Waals surface area contributed by atoms with Gasteiger partial charge in [0.15, 0.2) is 0 Å². The van der Waals surface area contributed by atoms with Gasteiger partial charge >= 0.3 is 0 Å². The largest absolute Gasteiger partial charge is 0.318 e. The highest BCUT2D eigenvalue weighted by Crippen LogP contribution is 2.28. The number of nitro groups is 1. The zero-order valence-electron chi connectivity index (χ0n) is 11.8. The van der Waals surface area contributed by atoms with E-state index < -0.39 is 4.92 Å². The van der Waals surface area contributed by atoms with Crippen molar-refractivity contribution in [2.45, 2.75) is 45.2 Å². The maximum absolute atomic E-state index is 10.9. The van der Waals surface area contributed by atoms with Crippen molar-refractivity contribution in [3.8, 4) is 0 Å². The average Bonchev–Trinajstić information content (AvgIpc) is 2.98. The molecule has 1 aliphatic carbocycles. The van der Waals surface area contributed by atoms with Crippen LogP contribution in [-0.4, -0.2) is 22.4 Å². The highest BCUT2D eigenvalue weighted by atomic mass is 16.6. The Kier molecular flexibility index (Phi) is 4.92. The van der Waals surface area contributed by atoms with Gasteiger partial charge in [0.05, 0.1) is 4.92 Å². The molecule has 1 aliphatic rings. The molecule has 2 rings (SSSR count). The maximum Gasteiger partial charge on any atom is 0.293 e. The third-order valence-electron chi connectivity index (χ3n) is 4.05. The van der Waals surface area contributed by atoms with Crippen LogP contribution < -0.4 is 11.3 Å². The molecule has 6 nitrogen and oxygen atoms in total. The molecular weight excluding hydrogens is 256 g/mol. The van der Waals surface area contributed by atoms with Gasteiger partial charge in [0.2, 0.25) is 0 Å². The fourth-order valence-corrected chi connectivity index (χ4v) is 2.96. The van der Waals surface area contributed by atoms with Crippen LogP contribution in [0.25, 0.3) is 0 Å². The summed E-state index contributed by atoms with van der Waals surface area (Å²) in [4.78, 5) is 12.9. The molecule has 1 aromatic rings. The van der Waals surface area contributed by atoms with Crippen molar-refractivity contribution in [2.75, 3.05) is 12.0 Å². The molecule has 20 heavy (non-hydrogen) atoms. The second-order valence-electron chi connectivity index (χ2n) is 5.25. The van der Waals surface area contributed by atoms with Crippen LogP contribution in [-0.2, 0) is 6.54 Å². The molecule has 0 heterocycles. The molecule has 0 amide bonds. The quantitative estimate of drug-likeness (QED) is 0.475. The van der Waals surface area contributed by atoms with Crippen molar-refractivity contribution in [2.24, 2.45) is 5.84 Å². The van der Waals surface area contributed by atoms with Crippen molar-refractivity contribution >= 4 is 11.4 Å². The minimum absolute atomic E-state index is 0.0140. The summed E-state index contributed by atoms with van der Waals surface area (Å²) in [6.07, 6.45) is 5.11. The summed E-state index contributed by atoms with van der Waals surface area (Å²) in [5, 5.41) is 10.9. The van der Waals surface area contributed by atoms with E-state index in [1.165, 1.54) is 31.7 Å². The van der Waals surface area contributed by atoms with Crippen molar-refractivity contribution in [3.05, 3.63) is 33.9 Å². The van der Waals surface area contributed by atoms with Crippen LogP contribution in [0.4, 0.5) is 11.4 Å². The van der Waals surface area contributed by atoms with Gasteiger partial charge in [-0.3, -0.25) is 20.9 Å². The zero-order valence-corrected chi connectivity index (χ0v) is 11.8. The molecule has 1 aromatic carbocycles. The number of nitro benzene ring substituents is 1. The van der Waals surface area contributed by atoms with Crippen LogP contribution in [0.5, 0.6) is 0 Å². The van der Waals surface area contributed by atoms with E-state index in [1.54, 1.807) is 6.07 Å². The highest BCUT2D eigenvalue weighted by Gasteiger charge is 2.22. The molecule has 3 N–H and O–H groups in total. The van der Waals surface area contributed by atoms with Crippen molar-refractivity contribution in [3.63, 3.8) is 0 Å². The standard InChI is InChI=1S/C14H22N4O2/c1-2-17(12-5-3-4-6-12)10-11-7-8-14(18(19)20)13(9-11)16-15/h7-9,12,16H,2-6,10,15H2,1H3. The Labute approximate surface area is 119 Å². The normalized spacial score (nSPS) is 15.8. The number of nitrogens with zero attached hydrogens (tertiary/aromatic N) is 2. The first-order valence-corrected chi connectivity index (χ1v) is 7.13. The first-order valence-electron chi connectivity index (χ1n) is 7.13. The lowest BCUT2D eigenvalue weighted by molar-refractivity contribution is -0.384. The number of benzene rings is 1. The average molecular weight is 278 g/mol. The zero-order chi connectivity index (χ0) is 14.5.